The largest absolute Gasteiger partial charge is 0.405 e. The molecule has 1 aliphatic carbocycles. The number of amides is 1. The summed E-state index contributed by atoms with van der Waals surface area (Å²) in [5.41, 5.74) is 15.0. The number of hydrogen-bond donors (Lipinski definition) is 3. The second kappa shape index (κ2) is 10.4. The molecule has 2 aliphatic rings. The van der Waals surface area contributed by atoms with Gasteiger partial charge in [-0.2, -0.15) is 0 Å². The van der Waals surface area contributed by atoms with Crippen LogP contribution in [0.3, 0.4) is 0 Å². The number of likely N-dealkylation sites (tertiary alicyclic amines) is 1. The summed E-state index contributed by atoms with van der Waals surface area (Å²) in [5, 5.41) is 3.22. The van der Waals surface area contributed by atoms with Gasteiger partial charge in [-0.1, -0.05) is 44.1 Å². The molecule has 7 heteroatoms. The molecule has 1 aliphatic heterocycles. The van der Waals surface area contributed by atoms with Crippen LogP contribution in [0.5, 0.6) is 0 Å². The highest BCUT2D eigenvalue weighted by atomic mass is 16.1. The van der Waals surface area contributed by atoms with Gasteiger partial charge in [0.2, 0.25) is 0 Å². The van der Waals surface area contributed by atoms with Crippen molar-refractivity contribution in [2.24, 2.45) is 16.9 Å². The summed E-state index contributed by atoms with van der Waals surface area (Å²) < 4.78 is 1.90. The van der Waals surface area contributed by atoms with E-state index in [4.69, 9.17) is 16.5 Å². The maximum Gasteiger partial charge on any atom is 0.268 e. The molecule has 0 aromatic carbocycles. The van der Waals surface area contributed by atoms with Gasteiger partial charge in [-0.25, -0.2) is 4.98 Å². The van der Waals surface area contributed by atoms with Crippen molar-refractivity contribution in [2.45, 2.75) is 51.1 Å². The fourth-order valence-electron chi connectivity index (χ4n) is 5.31. The Balaban J connectivity index is 1.52. The average Bonchev–Trinajstić information content (AvgIpc) is 3.43. The lowest BCUT2D eigenvalue weighted by molar-refractivity contribution is 0.0921. The van der Waals surface area contributed by atoms with Gasteiger partial charge in [0.1, 0.15) is 11.3 Å². The lowest BCUT2D eigenvalue weighted by atomic mass is 9.68. The van der Waals surface area contributed by atoms with E-state index in [2.05, 4.69) is 16.8 Å². The summed E-state index contributed by atoms with van der Waals surface area (Å²) in [6.07, 6.45) is 15.9. The van der Waals surface area contributed by atoms with Crippen molar-refractivity contribution in [3.05, 3.63) is 72.4 Å². The van der Waals surface area contributed by atoms with Crippen LogP contribution in [0.2, 0.25) is 0 Å². The molecule has 1 amide bonds. The first-order valence-corrected chi connectivity index (χ1v) is 12.0. The van der Waals surface area contributed by atoms with Crippen LogP contribution < -0.4 is 16.8 Å². The molecule has 33 heavy (non-hydrogen) atoms. The van der Waals surface area contributed by atoms with Gasteiger partial charge in [-0.05, 0) is 49.2 Å². The van der Waals surface area contributed by atoms with E-state index in [1.807, 2.05) is 47.0 Å². The van der Waals surface area contributed by atoms with Crippen molar-refractivity contribution in [1.29, 1.82) is 0 Å². The van der Waals surface area contributed by atoms with Gasteiger partial charge in [0.05, 0.1) is 5.69 Å². The molecule has 2 fully saturated rings. The normalized spacial score (nSPS) is 21.6. The zero-order valence-corrected chi connectivity index (χ0v) is 19.4. The third-order valence-electron chi connectivity index (χ3n) is 7.09. The standard InChI is InChI=1S/C26H36N6O/c1-2-20(8-7-14-27)26(12-4-3-5-13-26)19-29-25(33)23-9-6-10-24-30-22(18-32(23)24)17-31-15-11-21(28)16-31/h2,6-10,14,18,21H,1,3-5,11-13,15-17,19,27-28H2,(H,29,33)/b14-7-,20-8+/t21-/m1/s1. The predicted octanol–water partition coefficient (Wildman–Crippen LogP) is 3.13. The van der Waals surface area contributed by atoms with E-state index in [0.717, 1.165) is 68.7 Å². The highest BCUT2D eigenvalue weighted by Crippen LogP contribution is 2.42. The highest BCUT2D eigenvalue weighted by molar-refractivity contribution is 5.93. The van der Waals surface area contributed by atoms with E-state index in [-0.39, 0.29) is 17.4 Å². The summed E-state index contributed by atoms with van der Waals surface area (Å²) in [6, 6.07) is 5.93. The van der Waals surface area contributed by atoms with Crippen molar-refractivity contribution < 1.29 is 4.79 Å². The summed E-state index contributed by atoms with van der Waals surface area (Å²) in [7, 11) is 0. The number of nitrogens with one attached hydrogen (secondary N) is 1. The zero-order chi connectivity index (χ0) is 23.3. The minimum atomic E-state index is -0.113. The summed E-state index contributed by atoms with van der Waals surface area (Å²) >= 11 is 0. The van der Waals surface area contributed by atoms with E-state index in [9.17, 15) is 4.79 Å². The summed E-state index contributed by atoms with van der Waals surface area (Å²) in [5.74, 6) is -0.0875. The number of nitrogens with zero attached hydrogens (tertiary/aromatic N) is 3. The Morgan fingerprint density at radius 1 is 1.30 bits per heavy atom. The molecule has 5 N–H and O–H groups in total. The van der Waals surface area contributed by atoms with Gasteiger partial charge in [-0.15, -0.1) is 0 Å². The van der Waals surface area contributed by atoms with E-state index in [1.54, 1.807) is 0 Å². The molecule has 0 spiro atoms. The number of aromatic nitrogens is 2. The lowest BCUT2D eigenvalue weighted by Crippen LogP contribution is -2.40. The van der Waals surface area contributed by atoms with Crippen LogP contribution in [0.25, 0.3) is 5.65 Å². The molecule has 176 valence electrons. The molecule has 4 rings (SSSR count). The maximum absolute atomic E-state index is 13.3. The number of carbonyl (C=O) groups excluding carboxylic acids is 1. The molecule has 3 heterocycles. The summed E-state index contributed by atoms with van der Waals surface area (Å²) in [6.45, 7) is 7.24. The van der Waals surface area contributed by atoms with Gasteiger partial charge in [-0.3, -0.25) is 14.1 Å². The second-order valence-corrected chi connectivity index (χ2v) is 9.39. The topological polar surface area (TPSA) is 102 Å². The Kier molecular flexibility index (Phi) is 7.30. The molecule has 2 aromatic heterocycles. The van der Waals surface area contributed by atoms with Crippen LogP contribution in [0.15, 0.2) is 61.0 Å². The SMILES string of the molecule is C=C/C(=C\C=C/N)C1(CNC(=O)c2cccc3nc(CN4CC[C@@H](N)C4)cn23)CCCCC1. The Bertz CT molecular complexity index is 1050. The van der Waals surface area contributed by atoms with Crippen molar-refractivity contribution in [1.82, 2.24) is 19.6 Å². The van der Waals surface area contributed by atoms with Gasteiger partial charge in [0.25, 0.3) is 5.91 Å². The minimum absolute atomic E-state index is 0.0875. The van der Waals surface area contributed by atoms with Crippen molar-refractivity contribution in [3.8, 4) is 0 Å². The van der Waals surface area contributed by atoms with Crippen molar-refractivity contribution in [3.63, 3.8) is 0 Å². The first-order valence-electron chi connectivity index (χ1n) is 12.0. The lowest BCUT2D eigenvalue weighted by Gasteiger charge is -2.38. The molecule has 1 saturated heterocycles. The quantitative estimate of drug-likeness (QED) is 0.539. The van der Waals surface area contributed by atoms with E-state index in [1.165, 1.54) is 12.6 Å². The maximum atomic E-state index is 13.3. The van der Waals surface area contributed by atoms with Crippen LogP contribution in [-0.2, 0) is 6.54 Å². The molecule has 1 saturated carbocycles. The van der Waals surface area contributed by atoms with Crippen LogP contribution in [0, 0.1) is 5.41 Å². The molecule has 1 atom stereocenters. The number of carbonyl (C=O) groups is 1. The molecule has 2 aromatic rings. The smallest absolute Gasteiger partial charge is 0.268 e. The minimum Gasteiger partial charge on any atom is -0.405 e. The summed E-state index contributed by atoms with van der Waals surface area (Å²) in [4.78, 5) is 20.4. The predicted molar refractivity (Wildman–Crippen MR) is 133 cm³/mol. The molecular weight excluding hydrogens is 412 g/mol. The average molecular weight is 449 g/mol. The zero-order valence-electron chi connectivity index (χ0n) is 19.4. The van der Waals surface area contributed by atoms with E-state index < -0.39 is 0 Å². The number of fused-ring (bicyclic) bond motifs is 1. The molecule has 7 nitrogen and oxygen atoms in total. The first-order chi connectivity index (χ1) is 16.0. The fraction of sp³-hybridized carbons (Fsp3) is 0.462. The van der Waals surface area contributed by atoms with Gasteiger partial charge in [0.15, 0.2) is 0 Å². The van der Waals surface area contributed by atoms with Crippen molar-refractivity contribution >= 4 is 11.6 Å². The third-order valence-corrected chi connectivity index (χ3v) is 7.09. The Morgan fingerprint density at radius 3 is 2.82 bits per heavy atom. The van der Waals surface area contributed by atoms with Crippen molar-refractivity contribution in [2.75, 3.05) is 19.6 Å². The first kappa shape index (κ1) is 23.3. The highest BCUT2D eigenvalue weighted by Gasteiger charge is 2.35. The van der Waals surface area contributed by atoms with E-state index >= 15 is 0 Å². The van der Waals surface area contributed by atoms with Gasteiger partial charge >= 0.3 is 0 Å². The number of allylic oxidation sites excluding steroid dienone is 3. The van der Waals surface area contributed by atoms with E-state index in [0.29, 0.717) is 12.2 Å². The van der Waals surface area contributed by atoms with Crippen LogP contribution in [0.4, 0.5) is 0 Å². The van der Waals surface area contributed by atoms with Gasteiger partial charge in [0, 0.05) is 43.8 Å². The second-order valence-electron chi connectivity index (χ2n) is 9.39. The fourth-order valence-corrected chi connectivity index (χ4v) is 5.31. The van der Waals surface area contributed by atoms with Crippen LogP contribution in [-0.4, -0.2) is 45.9 Å². The number of hydrogen-bond acceptors (Lipinski definition) is 5. The number of imidazole rings is 1. The van der Waals surface area contributed by atoms with Gasteiger partial charge < -0.3 is 16.8 Å². The van der Waals surface area contributed by atoms with Crippen LogP contribution in [0.1, 0.15) is 54.7 Å². The molecule has 0 bridgehead atoms. The number of pyridine rings is 1. The molecule has 0 unspecified atom stereocenters. The Hall–Kier alpha value is -2.90. The molecule has 0 radical (unpaired) electrons. The Morgan fingerprint density at radius 2 is 2.12 bits per heavy atom. The van der Waals surface area contributed by atoms with Crippen LogP contribution >= 0.6 is 0 Å². The third kappa shape index (κ3) is 5.20. The number of rotatable bonds is 8. The molecular formula is C26H36N6O. The Labute approximate surface area is 196 Å². The monoisotopic (exact) mass is 448 g/mol. The number of nitrogens with two attached hydrogens (primary N) is 2.